The summed E-state index contributed by atoms with van der Waals surface area (Å²) in [6.45, 7) is 4.36. The summed E-state index contributed by atoms with van der Waals surface area (Å²) >= 11 is 1.79. The SMILES string of the molecule is CNC(C)(C)c1cccs1. The Kier molecular flexibility index (Phi) is 2.11. The van der Waals surface area contributed by atoms with Gasteiger partial charge in [-0.25, -0.2) is 0 Å². The molecule has 0 bridgehead atoms. The van der Waals surface area contributed by atoms with Crippen molar-refractivity contribution in [1.29, 1.82) is 0 Å². The van der Waals surface area contributed by atoms with Crippen molar-refractivity contribution in [1.82, 2.24) is 5.32 Å². The lowest BCUT2D eigenvalue weighted by atomic mass is 10.0. The van der Waals surface area contributed by atoms with Gasteiger partial charge >= 0.3 is 0 Å². The first-order chi connectivity index (χ1) is 4.67. The summed E-state index contributed by atoms with van der Waals surface area (Å²) in [7, 11) is 1.99. The number of nitrogens with one attached hydrogen (secondary N) is 1. The molecule has 0 saturated carbocycles. The molecule has 1 aromatic heterocycles. The molecule has 0 radical (unpaired) electrons. The Bertz CT molecular complexity index is 189. The molecule has 0 atom stereocenters. The van der Waals surface area contributed by atoms with Crippen molar-refractivity contribution in [3.63, 3.8) is 0 Å². The summed E-state index contributed by atoms with van der Waals surface area (Å²) in [6.07, 6.45) is 0. The lowest BCUT2D eigenvalue weighted by Gasteiger charge is -2.21. The van der Waals surface area contributed by atoms with E-state index in [1.54, 1.807) is 11.3 Å². The third kappa shape index (κ3) is 1.39. The highest BCUT2D eigenvalue weighted by Gasteiger charge is 2.17. The molecule has 0 saturated heterocycles. The summed E-state index contributed by atoms with van der Waals surface area (Å²) in [5.41, 5.74) is 0.133. The van der Waals surface area contributed by atoms with E-state index in [-0.39, 0.29) is 5.54 Å². The van der Waals surface area contributed by atoms with E-state index in [0.29, 0.717) is 0 Å². The summed E-state index contributed by atoms with van der Waals surface area (Å²) in [5.74, 6) is 0. The molecule has 1 aromatic rings. The van der Waals surface area contributed by atoms with Gasteiger partial charge in [0.15, 0.2) is 0 Å². The van der Waals surface area contributed by atoms with Gasteiger partial charge in [0.25, 0.3) is 0 Å². The summed E-state index contributed by atoms with van der Waals surface area (Å²) in [4.78, 5) is 1.38. The Morgan fingerprint density at radius 2 is 2.20 bits per heavy atom. The van der Waals surface area contributed by atoms with Crippen LogP contribution in [0.15, 0.2) is 17.5 Å². The monoisotopic (exact) mass is 155 g/mol. The van der Waals surface area contributed by atoms with E-state index in [1.165, 1.54) is 4.88 Å². The van der Waals surface area contributed by atoms with Crippen molar-refractivity contribution in [2.45, 2.75) is 19.4 Å². The molecule has 0 aliphatic carbocycles. The second-order valence-corrected chi connectivity index (χ2v) is 3.80. The number of hydrogen-bond donors (Lipinski definition) is 1. The third-order valence-corrected chi connectivity index (χ3v) is 2.96. The summed E-state index contributed by atoms with van der Waals surface area (Å²) < 4.78 is 0. The Labute approximate surface area is 66.1 Å². The molecule has 0 aliphatic heterocycles. The van der Waals surface area contributed by atoms with Crippen molar-refractivity contribution in [3.05, 3.63) is 22.4 Å². The molecule has 0 fully saturated rings. The Hall–Kier alpha value is -0.340. The molecule has 1 N–H and O–H groups in total. The van der Waals surface area contributed by atoms with Gasteiger partial charge in [0, 0.05) is 10.4 Å². The minimum Gasteiger partial charge on any atom is -0.310 e. The first kappa shape index (κ1) is 7.76. The Morgan fingerprint density at radius 1 is 1.50 bits per heavy atom. The third-order valence-electron chi connectivity index (χ3n) is 1.76. The van der Waals surface area contributed by atoms with Gasteiger partial charge in [-0.05, 0) is 32.3 Å². The minimum atomic E-state index is 0.133. The molecule has 0 unspecified atom stereocenters. The molecule has 10 heavy (non-hydrogen) atoms. The Balaban J connectivity index is 2.85. The van der Waals surface area contributed by atoms with Crippen molar-refractivity contribution in [3.8, 4) is 0 Å². The number of rotatable bonds is 2. The standard InChI is InChI=1S/C8H13NS/c1-8(2,9-3)7-5-4-6-10-7/h4-6,9H,1-3H3. The van der Waals surface area contributed by atoms with E-state index in [9.17, 15) is 0 Å². The van der Waals surface area contributed by atoms with Crippen LogP contribution < -0.4 is 5.32 Å². The van der Waals surface area contributed by atoms with Crippen LogP contribution in [0.3, 0.4) is 0 Å². The average Bonchev–Trinajstić information content (AvgIpc) is 2.38. The van der Waals surface area contributed by atoms with E-state index >= 15 is 0 Å². The van der Waals surface area contributed by atoms with Gasteiger partial charge in [0.05, 0.1) is 0 Å². The predicted molar refractivity (Wildman–Crippen MR) is 46.4 cm³/mol. The van der Waals surface area contributed by atoms with Crippen molar-refractivity contribution >= 4 is 11.3 Å². The topological polar surface area (TPSA) is 12.0 Å². The van der Waals surface area contributed by atoms with Gasteiger partial charge in [-0.15, -0.1) is 11.3 Å². The predicted octanol–water partition coefficient (Wildman–Crippen LogP) is 2.20. The molecule has 2 heteroatoms. The average molecular weight is 155 g/mol. The van der Waals surface area contributed by atoms with E-state index in [0.717, 1.165) is 0 Å². The molecule has 0 aromatic carbocycles. The van der Waals surface area contributed by atoms with Gasteiger partial charge in [-0.3, -0.25) is 0 Å². The largest absolute Gasteiger partial charge is 0.310 e. The quantitative estimate of drug-likeness (QED) is 0.690. The molecule has 1 rings (SSSR count). The Morgan fingerprint density at radius 3 is 2.60 bits per heavy atom. The van der Waals surface area contributed by atoms with Gasteiger partial charge in [-0.2, -0.15) is 0 Å². The maximum atomic E-state index is 3.25. The molecule has 56 valence electrons. The maximum Gasteiger partial charge on any atom is 0.0469 e. The van der Waals surface area contributed by atoms with Crippen molar-refractivity contribution in [2.75, 3.05) is 7.05 Å². The molecule has 1 heterocycles. The van der Waals surface area contributed by atoms with Crippen LogP contribution in [0.4, 0.5) is 0 Å². The molecular weight excluding hydrogens is 142 g/mol. The van der Waals surface area contributed by atoms with Gasteiger partial charge < -0.3 is 5.32 Å². The highest BCUT2D eigenvalue weighted by atomic mass is 32.1. The van der Waals surface area contributed by atoms with Crippen molar-refractivity contribution < 1.29 is 0 Å². The van der Waals surface area contributed by atoms with Gasteiger partial charge in [0.2, 0.25) is 0 Å². The van der Waals surface area contributed by atoms with Gasteiger partial charge in [0.1, 0.15) is 0 Å². The fourth-order valence-electron chi connectivity index (χ4n) is 0.757. The molecular formula is C8H13NS. The van der Waals surface area contributed by atoms with E-state index in [1.807, 2.05) is 7.05 Å². The van der Waals surface area contributed by atoms with E-state index in [4.69, 9.17) is 0 Å². The number of thiophene rings is 1. The molecule has 0 aliphatic rings. The normalized spacial score (nSPS) is 11.9. The zero-order valence-electron chi connectivity index (χ0n) is 6.64. The maximum absolute atomic E-state index is 3.25. The highest BCUT2D eigenvalue weighted by molar-refractivity contribution is 7.10. The fourth-order valence-corrected chi connectivity index (χ4v) is 1.61. The van der Waals surface area contributed by atoms with Crippen LogP contribution in [-0.2, 0) is 5.54 Å². The smallest absolute Gasteiger partial charge is 0.0469 e. The lowest BCUT2D eigenvalue weighted by Crippen LogP contribution is -2.31. The van der Waals surface area contributed by atoms with Crippen LogP contribution in [0.5, 0.6) is 0 Å². The fraction of sp³-hybridized carbons (Fsp3) is 0.500. The van der Waals surface area contributed by atoms with Crippen LogP contribution >= 0.6 is 11.3 Å². The van der Waals surface area contributed by atoms with Crippen LogP contribution in [0.1, 0.15) is 18.7 Å². The van der Waals surface area contributed by atoms with Crippen LogP contribution in [0, 0.1) is 0 Å². The van der Waals surface area contributed by atoms with Crippen molar-refractivity contribution in [2.24, 2.45) is 0 Å². The lowest BCUT2D eigenvalue weighted by molar-refractivity contribution is 0.454. The summed E-state index contributed by atoms with van der Waals surface area (Å²) in [6, 6.07) is 4.24. The van der Waals surface area contributed by atoms with E-state index in [2.05, 4.69) is 36.7 Å². The van der Waals surface area contributed by atoms with Crippen LogP contribution in [-0.4, -0.2) is 7.05 Å². The van der Waals surface area contributed by atoms with Gasteiger partial charge in [-0.1, -0.05) is 6.07 Å². The first-order valence-electron chi connectivity index (χ1n) is 3.40. The van der Waals surface area contributed by atoms with E-state index < -0.39 is 0 Å². The minimum absolute atomic E-state index is 0.133. The molecule has 0 spiro atoms. The molecule has 0 amide bonds. The molecule has 1 nitrogen and oxygen atoms in total. The second-order valence-electron chi connectivity index (χ2n) is 2.85. The number of hydrogen-bond acceptors (Lipinski definition) is 2. The second kappa shape index (κ2) is 2.72. The van der Waals surface area contributed by atoms with Crippen LogP contribution in [0.25, 0.3) is 0 Å². The highest BCUT2D eigenvalue weighted by Crippen LogP contribution is 2.23. The zero-order valence-corrected chi connectivity index (χ0v) is 7.46. The first-order valence-corrected chi connectivity index (χ1v) is 4.27. The zero-order chi connectivity index (χ0) is 7.61. The van der Waals surface area contributed by atoms with Crippen LogP contribution in [0.2, 0.25) is 0 Å². The summed E-state index contributed by atoms with van der Waals surface area (Å²) in [5, 5.41) is 5.36.